The molecule has 0 atom stereocenters. The molecule has 0 unspecified atom stereocenters. The second-order valence-electron chi connectivity index (χ2n) is 3.67. The fourth-order valence-corrected chi connectivity index (χ4v) is 2.71. The molecule has 0 spiro atoms. The van der Waals surface area contributed by atoms with E-state index < -0.39 is 0 Å². The number of nitrogens with zero attached hydrogens (tertiary/aromatic N) is 1. The van der Waals surface area contributed by atoms with Crippen molar-refractivity contribution in [2.75, 3.05) is 12.9 Å². The molecule has 0 saturated carbocycles. The summed E-state index contributed by atoms with van der Waals surface area (Å²) in [5, 5.41) is -0.00339. The number of aliphatic imine (C=N–C) groups is 1. The minimum atomic E-state index is -0.00339. The van der Waals surface area contributed by atoms with Crippen molar-refractivity contribution in [1.29, 1.82) is 0 Å². The van der Waals surface area contributed by atoms with Gasteiger partial charge in [0.2, 0.25) is 5.12 Å². The molecule has 0 amide bonds. The van der Waals surface area contributed by atoms with Crippen LogP contribution >= 0.6 is 23.5 Å². The molecule has 5 heteroatoms. The smallest absolute Gasteiger partial charge is 0.244 e. The molecule has 0 N–H and O–H groups in total. The number of thioether (sulfide) groups is 2. The summed E-state index contributed by atoms with van der Waals surface area (Å²) in [6.45, 7) is 4.08. The summed E-state index contributed by atoms with van der Waals surface area (Å²) in [5.41, 5.74) is 1.43. The van der Waals surface area contributed by atoms with Crippen molar-refractivity contribution in [2.45, 2.75) is 0 Å². The van der Waals surface area contributed by atoms with Crippen LogP contribution in [0.4, 0.5) is 0 Å². The third-order valence-corrected chi connectivity index (χ3v) is 4.18. The summed E-state index contributed by atoms with van der Waals surface area (Å²) in [7, 11) is 0. The van der Waals surface area contributed by atoms with Crippen LogP contribution in [0.25, 0.3) is 6.08 Å². The maximum atomic E-state index is 11.7. The average Bonchev–Trinajstić information content (AvgIpc) is 2.79. The zero-order valence-corrected chi connectivity index (χ0v) is 12.1. The minimum Gasteiger partial charge on any atom is -0.490 e. The summed E-state index contributed by atoms with van der Waals surface area (Å²) in [6, 6.07) is 7.52. The Kier molecular flexibility index (Phi) is 4.87. The van der Waals surface area contributed by atoms with Gasteiger partial charge in [-0.3, -0.25) is 4.79 Å². The van der Waals surface area contributed by atoms with E-state index in [2.05, 4.69) is 11.6 Å². The molecule has 0 aromatic heterocycles. The Hall–Kier alpha value is -1.46. The van der Waals surface area contributed by atoms with Crippen LogP contribution in [0.5, 0.6) is 5.75 Å². The number of ether oxygens (including phenoxy) is 1. The highest BCUT2D eigenvalue weighted by Crippen LogP contribution is 2.29. The van der Waals surface area contributed by atoms with Crippen LogP contribution in [-0.2, 0) is 4.79 Å². The van der Waals surface area contributed by atoms with Crippen molar-refractivity contribution in [2.24, 2.45) is 4.99 Å². The van der Waals surface area contributed by atoms with Gasteiger partial charge in [0.25, 0.3) is 0 Å². The Labute approximate surface area is 120 Å². The molecular weight excluding hydrogens is 278 g/mol. The van der Waals surface area contributed by atoms with Gasteiger partial charge in [-0.15, -0.1) is 11.8 Å². The Morgan fingerprint density at radius 2 is 2.16 bits per heavy atom. The van der Waals surface area contributed by atoms with Crippen LogP contribution in [-0.4, -0.2) is 22.4 Å². The third kappa shape index (κ3) is 3.75. The van der Waals surface area contributed by atoms with Gasteiger partial charge in [-0.2, -0.15) is 0 Å². The molecule has 3 nitrogen and oxygen atoms in total. The van der Waals surface area contributed by atoms with Gasteiger partial charge in [-0.1, -0.05) is 24.8 Å². The SMILES string of the molecule is C=CCOc1ccc(C=C2N=C(SC)SC2=O)cc1. The van der Waals surface area contributed by atoms with E-state index in [0.717, 1.165) is 15.7 Å². The fourth-order valence-electron chi connectivity index (χ4n) is 1.45. The Bertz CT molecular complexity index is 547. The average molecular weight is 291 g/mol. The van der Waals surface area contributed by atoms with Gasteiger partial charge in [0, 0.05) is 0 Å². The number of carbonyl (C=O) groups is 1. The standard InChI is InChI=1S/C14H13NO2S2/c1-3-8-17-11-6-4-10(5-7-11)9-12-13(16)19-14(15-12)18-2/h3-7,9H,1,8H2,2H3. The van der Waals surface area contributed by atoms with E-state index in [9.17, 15) is 4.79 Å². The van der Waals surface area contributed by atoms with E-state index >= 15 is 0 Å². The molecule has 2 rings (SSSR count). The van der Waals surface area contributed by atoms with Crippen LogP contribution in [0.15, 0.2) is 47.6 Å². The van der Waals surface area contributed by atoms with Crippen molar-refractivity contribution in [3.8, 4) is 5.75 Å². The molecule has 98 valence electrons. The topological polar surface area (TPSA) is 38.7 Å². The third-order valence-electron chi connectivity index (χ3n) is 2.33. The van der Waals surface area contributed by atoms with Gasteiger partial charge in [0.15, 0.2) is 0 Å². The zero-order valence-electron chi connectivity index (χ0n) is 10.5. The molecule has 0 fully saturated rings. The van der Waals surface area contributed by atoms with E-state index in [1.165, 1.54) is 23.5 Å². The zero-order chi connectivity index (χ0) is 13.7. The van der Waals surface area contributed by atoms with Crippen molar-refractivity contribution >= 4 is 39.1 Å². The second-order valence-corrected chi connectivity index (χ2v) is 5.68. The summed E-state index contributed by atoms with van der Waals surface area (Å²) >= 11 is 2.66. The number of carbonyl (C=O) groups excluding carboxylic acids is 1. The highest BCUT2D eigenvalue weighted by atomic mass is 32.2. The van der Waals surface area contributed by atoms with E-state index in [1.807, 2.05) is 30.5 Å². The number of hydrogen-bond acceptors (Lipinski definition) is 5. The molecular formula is C14H13NO2S2. The molecule has 0 bridgehead atoms. The predicted molar refractivity (Wildman–Crippen MR) is 83.7 cm³/mol. The van der Waals surface area contributed by atoms with Crippen LogP contribution in [0.2, 0.25) is 0 Å². The van der Waals surface area contributed by atoms with Crippen LogP contribution < -0.4 is 4.74 Å². The first-order valence-corrected chi connectivity index (χ1v) is 7.67. The summed E-state index contributed by atoms with van der Waals surface area (Å²) < 4.78 is 6.19. The first-order valence-electron chi connectivity index (χ1n) is 5.63. The summed E-state index contributed by atoms with van der Waals surface area (Å²) in [5.74, 6) is 0.780. The Morgan fingerprint density at radius 1 is 1.42 bits per heavy atom. The molecule has 0 aliphatic carbocycles. The molecule has 0 radical (unpaired) electrons. The number of hydrogen-bond donors (Lipinski definition) is 0. The van der Waals surface area contributed by atoms with Gasteiger partial charge in [0.1, 0.15) is 22.4 Å². The van der Waals surface area contributed by atoms with Crippen molar-refractivity contribution in [3.05, 3.63) is 48.2 Å². The predicted octanol–water partition coefficient (Wildman–Crippen LogP) is 3.58. The minimum absolute atomic E-state index is 0.00339. The monoisotopic (exact) mass is 291 g/mol. The van der Waals surface area contributed by atoms with E-state index in [0.29, 0.717) is 12.3 Å². The molecule has 1 aromatic rings. The molecule has 1 aliphatic rings. The van der Waals surface area contributed by atoms with Gasteiger partial charge >= 0.3 is 0 Å². The van der Waals surface area contributed by atoms with Gasteiger partial charge in [-0.05, 0) is 41.8 Å². The van der Waals surface area contributed by atoms with Crippen LogP contribution in [0.3, 0.4) is 0 Å². The lowest BCUT2D eigenvalue weighted by atomic mass is 10.2. The number of benzene rings is 1. The number of rotatable bonds is 4. The lowest BCUT2D eigenvalue weighted by Crippen LogP contribution is -1.92. The van der Waals surface area contributed by atoms with Gasteiger partial charge in [0.05, 0.1) is 0 Å². The maximum Gasteiger partial charge on any atom is 0.244 e. The maximum absolute atomic E-state index is 11.7. The van der Waals surface area contributed by atoms with Crippen LogP contribution in [0.1, 0.15) is 5.56 Å². The normalized spacial score (nSPS) is 16.6. The van der Waals surface area contributed by atoms with E-state index in [-0.39, 0.29) is 5.12 Å². The van der Waals surface area contributed by atoms with E-state index in [1.54, 1.807) is 12.2 Å². The highest BCUT2D eigenvalue weighted by Gasteiger charge is 2.21. The highest BCUT2D eigenvalue weighted by molar-refractivity contribution is 8.45. The van der Waals surface area contributed by atoms with E-state index in [4.69, 9.17) is 4.74 Å². The lowest BCUT2D eigenvalue weighted by Gasteiger charge is -2.02. The Morgan fingerprint density at radius 3 is 2.74 bits per heavy atom. The summed E-state index contributed by atoms with van der Waals surface area (Å²) in [4.78, 5) is 16.0. The quantitative estimate of drug-likeness (QED) is 0.628. The largest absolute Gasteiger partial charge is 0.490 e. The summed E-state index contributed by atoms with van der Waals surface area (Å²) in [6.07, 6.45) is 5.40. The van der Waals surface area contributed by atoms with Crippen molar-refractivity contribution in [3.63, 3.8) is 0 Å². The van der Waals surface area contributed by atoms with Crippen molar-refractivity contribution in [1.82, 2.24) is 0 Å². The Balaban J connectivity index is 2.12. The molecule has 1 aromatic carbocycles. The van der Waals surface area contributed by atoms with Crippen molar-refractivity contribution < 1.29 is 9.53 Å². The van der Waals surface area contributed by atoms with Gasteiger partial charge < -0.3 is 4.74 Å². The molecule has 1 heterocycles. The second kappa shape index (κ2) is 6.63. The first-order chi connectivity index (χ1) is 9.22. The molecule has 19 heavy (non-hydrogen) atoms. The van der Waals surface area contributed by atoms with Crippen LogP contribution in [0, 0.1) is 0 Å². The fraction of sp³-hybridized carbons (Fsp3) is 0.143. The molecule has 0 saturated heterocycles. The molecule has 1 aliphatic heterocycles. The first kappa shape index (κ1) is 14.0. The lowest BCUT2D eigenvalue weighted by molar-refractivity contribution is -0.107. The van der Waals surface area contributed by atoms with Gasteiger partial charge in [-0.25, -0.2) is 4.99 Å².